The predicted molar refractivity (Wildman–Crippen MR) is 81.1 cm³/mol. The van der Waals surface area contributed by atoms with Crippen LogP contribution in [0, 0.1) is 5.82 Å². The molecule has 0 spiro atoms. The minimum atomic E-state index is -1.24. The van der Waals surface area contributed by atoms with E-state index in [1.807, 2.05) is 39.8 Å². The van der Waals surface area contributed by atoms with Gasteiger partial charge in [0.1, 0.15) is 10.6 Å². The molecule has 0 saturated carbocycles. The third-order valence-electron chi connectivity index (χ3n) is 3.03. The number of hydrogen-bond donors (Lipinski definition) is 1. The van der Waals surface area contributed by atoms with Crippen molar-refractivity contribution in [1.29, 1.82) is 0 Å². The summed E-state index contributed by atoms with van der Waals surface area (Å²) in [5.41, 5.74) is 1.13. The van der Waals surface area contributed by atoms with Crippen LogP contribution in [0.5, 0.6) is 0 Å². The Morgan fingerprint density at radius 1 is 1.35 bits per heavy atom. The summed E-state index contributed by atoms with van der Waals surface area (Å²) < 4.78 is 28.8. The van der Waals surface area contributed by atoms with Crippen LogP contribution < -0.4 is 4.72 Å². The second-order valence-electron chi connectivity index (χ2n) is 5.79. The van der Waals surface area contributed by atoms with Gasteiger partial charge in [-0.05, 0) is 39.8 Å². The fourth-order valence-corrected chi connectivity index (χ4v) is 2.65. The number of rotatable bonds is 3. The van der Waals surface area contributed by atoms with E-state index in [0.29, 0.717) is 11.1 Å². The number of hydrogen-bond acceptors (Lipinski definition) is 3. The molecule has 1 aromatic heterocycles. The highest BCUT2D eigenvalue weighted by Gasteiger charge is 2.29. The fourth-order valence-electron chi connectivity index (χ4n) is 1.85. The van der Waals surface area contributed by atoms with E-state index < -0.39 is 11.4 Å². The molecule has 2 unspecified atom stereocenters. The Morgan fingerprint density at radius 2 is 2.05 bits per heavy atom. The van der Waals surface area contributed by atoms with E-state index in [-0.39, 0.29) is 16.6 Å². The summed E-state index contributed by atoms with van der Waals surface area (Å²) in [4.78, 5) is 4.12. The lowest BCUT2D eigenvalue weighted by Gasteiger charge is -2.26. The molecule has 1 heterocycles. The van der Waals surface area contributed by atoms with E-state index in [0.717, 1.165) is 5.39 Å². The van der Waals surface area contributed by atoms with Gasteiger partial charge in [0.2, 0.25) is 0 Å². The van der Waals surface area contributed by atoms with Crippen molar-refractivity contribution >= 4 is 22.3 Å². The summed E-state index contributed by atoms with van der Waals surface area (Å²) >= 11 is -1.24. The van der Waals surface area contributed by atoms with Crippen LogP contribution in [0.15, 0.2) is 30.5 Å². The average Bonchev–Trinajstić information content (AvgIpc) is 2.36. The quantitative estimate of drug-likeness (QED) is 0.882. The number of aromatic nitrogens is 1. The van der Waals surface area contributed by atoms with Gasteiger partial charge >= 0.3 is 0 Å². The van der Waals surface area contributed by atoms with Crippen molar-refractivity contribution in [2.45, 2.75) is 38.5 Å². The Kier molecular flexibility index (Phi) is 4.32. The van der Waals surface area contributed by atoms with Crippen molar-refractivity contribution in [3.8, 4) is 0 Å². The molecule has 0 amide bonds. The molecule has 2 rings (SSSR count). The van der Waals surface area contributed by atoms with E-state index >= 15 is 0 Å². The van der Waals surface area contributed by atoms with Crippen LogP contribution in [0.4, 0.5) is 4.39 Å². The molecule has 2 atom stereocenters. The summed E-state index contributed by atoms with van der Waals surface area (Å²) in [5.74, 6) is -0.331. The molecule has 0 aliphatic carbocycles. The highest BCUT2D eigenvalue weighted by molar-refractivity contribution is 7.90. The molecule has 1 N–H and O–H groups in total. The molecule has 0 aliphatic rings. The molecule has 3 nitrogen and oxygen atoms in total. The number of halogens is 1. The maximum Gasteiger partial charge on any atom is 0.136 e. The van der Waals surface area contributed by atoms with Crippen LogP contribution in [0.25, 0.3) is 10.9 Å². The third-order valence-corrected chi connectivity index (χ3v) is 4.71. The largest absolute Gasteiger partial charge is 0.598 e. The van der Waals surface area contributed by atoms with Gasteiger partial charge in [0.15, 0.2) is 0 Å². The lowest BCUT2D eigenvalue weighted by Crippen LogP contribution is -2.40. The van der Waals surface area contributed by atoms with Crippen molar-refractivity contribution < 1.29 is 8.94 Å². The van der Waals surface area contributed by atoms with Gasteiger partial charge in [0.25, 0.3) is 0 Å². The summed E-state index contributed by atoms with van der Waals surface area (Å²) in [6.45, 7) is 7.45. The zero-order valence-electron chi connectivity index (χ0n) is 12.1. The summed E-state index contributed by atoms with van der Waals surface area (Å²) in [6, 6.07) is 6.55. The highest BCUT2D eigenvalue weighted by Crippen LogP contribution is 2.25. The number of benzene rings is 1. The van der Waals surface area contributed by atoms with Crippen molar-refractivity contribution in [1.82, 2.24) is 9.71 Å². The maximum atomic E-state index is 14.1. The Morgan fingerprint density at radius 3 is 2.70 bits per heavy atom. The van der Waals surface area contributed by atoms with Gasteiger partial charge in [-0.1, -0.05) is 6.07 Å². The molecule has 0 radical (unpaired) electrons. The van der Waals surface area contributed by atoms with E-state index in [1.165, 1.54) is 6.07 Å². The number of nitrogens with zero attached hydrogens (tertiary/aromatic N) is 1. The molecule has 20 heavy (non-hydrogen) atoms. The zero-order chi connectivity index (χ0) is 14.9. The molecule has 2 aromatic rings. The average molecular weight is 294 g/mol. The Labute approximate surface area is 121 Å². The smallest absolute Gasteiger partial charge is 0.136 e. The van der Waals surface area contributed by atoms with Crippen molar-refractivity contribution in [3.63, 3.8) is 0 Å². The minimum absolute atomic E-state index is 0.331. The Bertz CT molecular complexity index is 612. The molecule has 5 heteroatoms. The first-order valence-corrected chi connectivity index (χ1v) is 7.66. The lowest BCUT2D eigenvalue weighted by atomic mass is 10.1. The fraction of sp³-hybridized carbons (Fsp3) is 0.400. The number of pyridine rings is 1. The molecule has 0 fully saturated rings. The third kappa shape index (κ3) is 3.29. The Hall–Kier alpha value is -1.17. The van der Waals surface area contributed by atoms with Gasteiger partial charge in [-0.3, -0.25) is 4.98 Å². The molecular formula is C15H19FN2OS. The van der Waals surface area contributed by atoms with Crippen LogP contribution in [0.1, 0.15) is 39.3 Å². The van der Waals surface area contributed by atoms with Gasteiger partial charge in [0, 0.05) is 34.6 Å². The van der Waals surface area contributed by atoms with Crippen LogP contribution in [0.3, 0.4) is 0 Å². The first-order chi connectivity index (χ1) is 9.29. The van der Waals surface area contributed by atoms with Crippen molar-refractivity contribution in [3.05, 3.63) is 41.8 Å². The molecule has 1 aromatic carbocycles. The lowest BCUT2D eigenvalue weighted by molar-refractivity contribution is 0.523. The van der Waals surface area contributed by atoms with E-state index in [9.17, 15) is 8.94 Å². The van der Waals surface area contributed by atoms with Crippen LogP contribution in [0.2, 0.25) is 0 Å². The van der Waals surface area contributed by atoms with Gasteiger partial charge in [-0.2, -0.15) is 0 Å². The highest BCUT2D eigenvalue weighted by atomic mass is 32.2. The number of nitrogens with one attached hydrogen (secondary N) is 1. The summed E-state index contributed by atoms with van der Waals surface area (Å²) in [5, 5.41) is 0.874. The van der Waals surface area contributed by atoms with Gasteiger partial charge in [-0.25, -0.2) is 4.39 Å². The summed E-state index contributed by atoms with van der Waals surface area (Å²) in [6.07, 6.45) is 1.64. The van der Waals surface area contributed by atoms with E-state index in [4.69, 9.17) is 0 Å². The van der Waals surface area contributed by atoms with Gasteiger partial charge in [0.05, 0.1) is 11.6 Å². The number of fused-ring (bicyclic) bond motifs is 1. The molecular weight excluding hydrogens is 275 g/mol. The second-order valence-corrected chi connectivity index (χ2v) is 7.79. The van der Waals surface area contributed by atoms with E-state index in [1.54, 1.807) is 12.3 Å². The molecule has 0 saturated heterocycles. The van der Waals surface area contributed by atoms with Crippen LogP contribution in [-0.4, -0.2) is 14.3 Å². The molecule has 108 valence electrons. The van der Waals surface area contributed by atoms with Crippen LogP contribution >= 0.6 is 0 Å². The monoisotopic (exact) mass is 294 g/mol. The second kappa shape index (κ2) is 5.68. The zero-order valence-corrected chi connectivity index (χ0v) is 12.9. The first-order valence-electron chi connectivity index (χ1n) is 6.51. The summed E-state index contributed by atoms with van der Waals surface area (Å²) in [7, 11) is 0. The van der Waals surface area contributed by atoms with Gasteiger partial charge in [-0.15, -0.1) is 4.72 Å². The first kappa shape index (κ1) is 15.2. The molecule has 0 aliphatic heterocycles. The maximum absolute atomic E-state index is 14.1. The molecule has 0 bridgehead atoms. The minimum Gasteiger partial charge on any atom is -0.598 e. The standard InChI is InChI=1S/C15H19FN2OS/c1-10(18-20(19)15(2,3)4)12-8-11-6-5-7-17-14(11)9-13(12)16/h5-10,18H,1-4H3. The van der Waals surface area contributed by atoms with Crippen molar-refractivity contribution in [2.24, 2.45) is 0 Å². The van der Waals surface area contributed by atoms with Gasteiger partial charge < -0.3 is 4.55 Å². The Balaban J connectivity index is 2.30. The predicted octanol–water partition coefficient (Wildman–Crippen LogP) is 3.49. The SMILES string of the molecule is CC(N[S+]([O-])C(C)(C)C)c1cc2cccnc2cc1F. The normalized spacial score (nSPS) is 15.3. The van der Waals surface area contributed by atoms with E-state index in [2.05, 4.69) is 9.71 Å². The van der Waals surface area contributed by atoms with Crippen molar-refractivity contribution in [2.75, 3.05) is 0 Å². The topological polar surface area (TPSA) is 48.0 Å². The van der Waals surface area contributed by atoms with Crippen LogP contribution in [-0.2, 0) is 11.4 Å².